The molecule has 2 aromatic rings. The van der Waals surface area contributed by atoms with E-state index in [0.29, 0.717) is 11.3 Å². The minimum Gasteiger partial charge on any atom is -0.459 e. The highest BCUT2D eigenvalue weighted by atomic mass is 35.5. The van der Waals surface area contributed by atoms with Crippen molar-refractivity contribution in [3.8, 4) is 0 Å². The molecule has 0 saturated carbocycles. The molecular weight excluding hydrogens is 327 g/mol. The van der Waals surface area contributed by atoms with Crippen molar-refractivity contribution >= 4 is 29.3 Å². The lowest BCUT2D eigenvalue weighted by molar-refractivity contribution is 0.0764. The molecule has 2 heterocycles. The Morgan fingerprint density at radius 1 is 1.39 bits per heavy atom. The van der Waals surface area contributed by atoms with Crippen molar-refractivity contribution < 1.29 is 18.7 Å². The monoisotopic (exact) mass is 342 g/mol. The fourth-order valence-electron chi connectivity index (χ4n) is 2.54. The molecule has 0 bridgehead atoms. The summed E-state index contributed by atoms with van der Waals surface area (Å²) < 4.78 is 18.8. The van der Waals surface area contributed by atoms with Gasteiger partial charge in [0, 0.05) is 18.2 Å². The van der Waals surface area contributed by atoms with Crippen LogP contribution in [0, 0.1) is 0 Å². The van der Waals surface area contributed by atoms with E-state index in [-0.39, 0.29) is 48.4 Å². The molecule has 0 unspecified atom stereocenters. The van der Waals surface area contributed by atoms with Crippen LogP contribution in [0.1, 0.15) is 16.1 Å². The summed E-state index contributed by atoms with van der Waals surface area (Å²) in [5.41, 5.74) is 5.75. The Kier molecular flexibility index (Phi) is 5.03. The summed E-state index contributed by atoms with van der Waals surface area (Å²) in [7, 11) is 0. The molecule has 6 nitrogen and oxygen atoms in total. The lowest BCUT2D eigenvalue weighted by Crippen LogP contribution is -2.29. The molecule has 3 N–H and O–H groups in total. The normalized spacial score (nSPS) is 20.6. The first-order chi connectivity index (χ1) is 10.5. The topological polar surface area (TPSA) is 96.8 Å². The van der Waals surface area contributed by atoms with Crippen molar-refractivity contribution in [1.29, 1.82) is 0 Å². The van der Waals surface area contributed by atoms with Gasteiger partial charge in [-0.05, 0) is 18.2 Å². The number of nitrogens with zero attached hydrogens (tertiary/aromatic N) is 1. The van der Waals surface area contributed by atoms with E-state index in [1.54, 1.807) is 0 Å². The first-order valence-corrected chi connectivity index (χ1v) is 6.88. The van der Waals surface area contributed by atoms with E-state index < -0.39 is 18.2 Å². The van der Waals surface area contributed by atoms with Gasteiger partial charge in [0.1, 0.15) is 23.6 Å². The first kappa shape index (κ1) is 17.4. The molecule has 124 valence electrons. The fraction of sp³-hybridized carbons (Fsp3) is 0.333. The molecule has 1 fully saturated rings. The number of β-amino-alcohol motifs (C(OH)–C–C–N with tert-alkyl or cyclic N) is 1. The van der Waals surface area contributed by atoms with Crippen LogP contribution in [0.25, 0.3) is 11.0 Å². The van der Waals surface area contributed by atoms with Gasteiger partial charge in [-0.15, -0.1) is 12.4 Å². The maximum absolute atomic E-state index is 13.3. The number of carbonyl (C=O) groups excluding carboxylic acids is 1. The second-order valence-electron chi connectivity index (χ2n) is 5.29. The summed E-state index contributed by atoms with van der Waals surface area (Å²) in [4.78, 5) is 25.6. The Morgan fingerprint density at radius 3 is 2.74 bits per heavy atom. The molecule has 1 aliphatic heterocycles. The molecule has 2 atom stereocenters. The van der Waals surface area contributed by atoms with Crippen molar-refractivity contribution in [2.75, 3.05) is 13.1 Å². The smallest absolute Gasteiger partial charge is 0.254 e. The lowest BCUT2D eigenvalue weighted by Gasteiger charge is -2.15. The number of carbonyl (C=O) groups is 1. The fourth-order valence-corrected chi connectivity index (χ4v) is 2.54. The quantitative estimate of drug-likeness (QED) is 0.842. The zero-order valence-corrected chi connectivity index (χ0v) is 12.9. The van der Waals surface area contributed by atoms with E-state index in [4.69, 9.17) is 10.2 Å². The van der Waals surface area contributed by atoms with E-state index in [0.717, 1.165) is 0 Å². The number of rotatable bonds is 2. The Labute approximate surface area is 137 Å². The standard InChI is InChI=1S/C15H15FN2O4.ClH/c16-11-6-18(7-13(11)20)15(21)8-1-2-14-10(3-8)12(19)4-9(5-17)22-14;/h1-4,11,13,20H,5-7,17H2;1H/t11-,13-;/m0./s1. The molecule has 1 amide bonds. The average molecular weight is 343 g/mol. The summed E-state index contributed by atoms with van der Waals surface area (Å²) in [6, 6.07) is 5.73. The number of halogens is 2. The predicted molar refractivity (Wildman–Crippen MR) is 84.4 cm³/mol. The Bertz CT molecular complexity index is 785. The summed E-state index contributed by atoms with van der Waals surface area (Å²) in [6.45, 7) is -0.104. The highest BCUT2D eigenvalue weighted by molar-refractivity contribution is 5.97. The van der Waals surface area contributed by atoms with Crippen LogP contribution in [0.3, 0.4) is 0 Å². The molecule has 3 rings (SSSR count). The summed E-state index contributed by atoms with van der Waals surface area (Å²) >= 11 is 0. The van der Waals surface area contributed by atoms with Crippen LogP contribution in [0.15, 0.2) is 33.5 Å². The SMILES string of the molecule is Cl.NCc1cc(=O)c2cc(C(=O)N3C[C@H](O)[C@@H](F)C3)ccc2o1. The van der Waals surface area contributed by atoms with Gasteiger partial charge < -0.3 is 20.2 Å². The van der Waals surface area contributed by atoms with Crippen LogP contribution < -0.4 is 11.2 Å². The summed E-state index contributed by atoms with van der Waals surface area (Å²) in [5.74, 6) is -0.0667. The van der Waals surface area contributed by atoms with Crippen molar-refractivity contribution in [1.82, 2.24) is 4.90 Å². The molecule has 1 saturated heterocycles. The minimum absolute atomic E-state index is 0. The number of benzene rings is 1. The maximum atomic E-state index is 13.3. The van der Waals surface area contributed by atoms with Gasteiger partial charge in [0.05, 0.1) is 18.5 Å². The number of nitrogens with two attached hydrogens (primary N) is 1. The second-order valence-corrected chi connectivity index (χ2v) is 5.29. The molecule has 1 aromatic heterocycles. The second kappa shape index (κ2) is 6.66. The Morgan fingerprint density at radius 2 is 2.13 bits per heavy atom. The van der Waals surface area contributed by atoms with Crippen LogP contribution in [0.4, 0.5) is 4.39 Å². The van der Waals surface area contributed by atoms with Crippen molar-refractivity contribution in [3.05, 3.63) is 45.8 Å². The molecule has 0 spiro atoms. The van der Waals surface area contributed by atoms with Crippen molar-refractivity contribution in [3.63, 3.8) is 0 Å². The maximum Gasteiger partial charge on any atom is 0.254 e. The van der Waals surface area contributed by atoms with E-state index in [9.17, 15) is 19.1 Å². The van der Waals surface area contributed by atoms with Gasteiger partial charge in [-0.2, -0.15) is 0 Å². The van der Waals surface area contributed by atoms with Crippen LogP contribution in [0.2, 0.25) is 0 Å². The van der Waals surface area contributed by atoms with Gasteiger partial charge >= 0.3 is 0 Å². The number of aliphatic hydroxyl groups excluding tert-OH is 1. The first-order valence-electron chi connectivity index (χ1n) is 6.88. The van der Waals surface area contributed by atoms with Crippen LogP contribution in [-0.4, -0.2) is 41.3 Å². The van der Waals surface area contributed by atoms with Gasteiger partial charge in [-0.25, -0.2) is 4.39 Å². The van der Waals surface area contributed by atoms with E-state index >= 15 is 0 Å². The third kappa shape index (κ3) is 3.21. The Hall–Kier alpha value is -1.96. The molecule has 1 aromatic carbocycles. The molecule has 0 radical (unpaired) electrons. The van der Waals surface area contributed by atoms with Gasteiger partial charge in [-0.1, -0.05) is 0 Å². The van der Waals surface area contributed by atoms with Crippen molar-refractivity contribution in [2.24, 2.45) is 5.73 Å². The summed E-state index contributed by atoms with van der Waals surface area (Å²) in [5, 5.41) is 9.66. The number of fused-ring (bicyclic) bond motifs is 1. The zero-order chi connectivity index (χ0) is 15.9. The summed E-state index contributed by atoms with van der Waals surface area (Å²) in [6.07, 6.45) is -2.61. The van der Waals surface area contributed by atoms with Gasteiger partial charge in [0.2, 0.25) is 0 Å². The number of alkyl halides is 1. The van der Waals surface area contributed by atoms with Crippen molar-refractivity contribution in [2.45, 2.75) is 18.8 Å². The zero-order valence-electron chi connectivity index (χ0n) is 12.1. The number of hydrogen-bond acceptors (Lipinski definition) is 5. The van der Waals surface area contributed by atoms with E-state index in [2.05, 4.69) is 0 Å². The van der Waals surface area contributed by atoms with Crippen LogP contribution in [0.5, 0.6) is 0 Å². The van der Waals surface area contributed by atoms with Gasteiger partial charge in [0.25, 0.3) is 5.91 Å². The number of aliphatic hydroxyl groups is 1. The van der Waals surface area contributed by atoms with Crippen LogP contribution >= 0.6 is 12.4 Å². The Balaban J connectivity index is 0.00000192. The van der Waals surface area contributed by atoms with Gasteiger partial charge in [0.15, 0.2) is 5.43 Å². The predicted octanol–water partition coefficient (Wildman–Crippen LogP) is 0.828. The highest BCUT2D eigenvalue weighted by Gasteiger charge is 2.34. The lowest BCUT2D eigenvalue weighted by atomic mass is 10.1. The molecule has 8 heteroatoms. The number of amides is 1. The number of likely N-dealkylation sites (tertiary alicyclic amines) is 1. The molecular formula is C15H16ClFN2O4. The van der Waals surface area contributed by atoms with Crippen LogP contribution in [-0.2, 0) is 6.54 Å². The highest BCUT2D eigenvalue weighted by Crippen LogP contribution is 2.19. The largest absolute Gasteiger partial charge is 0.459 e. The average Bonchev–Trinajstić information content (AvgIpc) is 2.85. The molecule has 0 aliphatic carbocycles. The number of hydrogen-bond donors (Lipinski definition) is 2. The van der Waals surface area contributed by atoms with E-state index in [1.807, 2.05) is 0 Å². The van der Waals surface area contributed by atoms with Gasteiger partial charge in [-0.3, -0.25) is 9.59 Å². The van der Waals surface area contributed by atoms with E-state index in [1.165, 1.54) is 29.2 Å². The molecule has 1 aliphatic rings. The third-order valence-corrected chi connectivity index (χ3v) is 3.73. The molecule has 23 heavy (non-hydrogen) atoms. The minimum atomic E-state index is -1.44. The third-order valence-electron chi connectivity index (χ3n) is 3.73.